The minimum absolute atomic E-state index is 0.134. The van der Waals surface area contributed by atoms with Crippen LogP contribution in [0.5, 0.6) is 5.75 Å². The molecule has 1 amide bonds. The molecule has 3 rings (SSSR count). The summed E-state index contributed by atoms with van der Waals surface area (Å²) in [6.07, 6.45) is 0. The number of methoxy groups -OCH3 is 1. The summed E-state index contributed by atoms with van der Waals surface area (Å²) < 4.78 is 36.1. The third-order valence-corrected chi connectivity index (χ3v) is 6.45. The van der Waals surface area contributed by atoms with E-state index in [0.29, 0.717) is 17.1 Å². The summed E-state index contributed by atoms with van der Waals surface area (Å²) in [7, 11) is 1.00. The first kappa shape index (κ1) is 21.5. The second kappa shape index (κ2) is 8.68. The van der Waals surface area contributed by atoms with Crippen LogP contribution in [0.25, 0.3) is 11.3 Å². The van der Waals surface area contributed by atoms with Crippen molar-refractivity contribution >= 4 is 15.9 Å². The first-order valence-corrected chi connectivity index (χ1v) is 10.6. The Morgan fingerprint density at radius 1 is 1.13 bits per heavy atom. The van der Waals surface area contributed by atoms with Gasteiger partial charge in [0.2, 0.25) is 10.0 Å². The SMILES string of the molecule is COc1ccccc1-c1cc(C(=O)N[C@@H](C)c2ccc(S(=O)(=O)N(C)C)cc2)no1. The number of sulfonamides is 1. The molecule has 0 unspecified atom stereocenters. The fraction of sp³-hybridized carbons (Fsp3) is 0.238. The summed E-state index contributed by atoms with van der Waals surface area (Å²) >= 11 is 0. The van der Waals surface area contributed by atoms with Gasteiger partial charge in [0.1, 0.15) is 5.75 Å². The van der Waals surface area contributed by atoms with Gasteiger partial charge in [-0.2, -0.15) is 0 Å². The lowest BCUT2D eigenvalue weighted by atomic mass is 10.1. The molecule has 0 aliphatic rings. The van der Waals surface area contributed by atoms with Crippen molar-refractivity contribution in [2.75, 3.05) is 21.2 Å². The lowest BCUT2D eigenvalue weighted by Gasteiger charge is -2.15. The molecule has 0 bridgehead atoms. The summed E-state index contributed by atoms with van der Waals surface area (Å²) in [6.45, 7) is 1.80. The van der Waals surface area contributed by atoms with Gasteiger partial charge in [-0.15, -0.1) is 0 Å². The Bertz CT molecular complexity index is 1140. The number of aromatic nitrogens is 1. The molecule has 0 spiro atoms. The topological polar surface area (TPSA) is 102 Å². The Morgan fingerprint density at radius 3 is 2.43 bits per heavy atom. The number of hydrogen-bond acceptors (Lipinski definition) is 6. The molecule has 1 atom stereocenters. The van der Waals surface area contributed by atoms with E-state index < -0.39 is 15.9 Å². The molecule has 0 fully saturated rings. The molecule has 30 heavy (non-hydrogen) atoms. The van der Waals surface area contributed by atoms with Crippen molar-refractivity contribution in [1.29, 1.82) is 0 Å². The Hall–Kier alpha value is -3.17. The van der Waals surface area contributed by atoms with E-state index in [2.05, 4.69) is 10.5 Å². The summed E-state index contributed by atoms with van der Waals surface area (Å²) in [5.41, 5.74) is 1.58. The summed E-state index contributed by atoms with van der Waals surface area (Å²) in [5.74, 6) is 0.627. The van der Waals surface area contributed by atoms with Crippen molar-refractivity contribution in [1.82, 2.24) is 14.8 Å². The lowest BCUT2D eigenvalue weighted by molar-refractivity contribution is 0.0931. The first-order chi connectivity index (χ1) is 14.2. The minimum Gasteiger partial charge on any atom is -0.496 e. The van der Waals surface area contributed by atoms with Gasteiger partial charge in [0.05, 0.1) is 23.6 Å². The second-order valence-electron chi connectivity index (χ2n) is 6.83. The van der Waals surface area contributed by atoms with E-state index >= 15 is 0 Å². The predicted molar refractivity (Wildman–Crippen MR) is 112 cm³/mol. The van der Waals surface area contributed by atoms with E-state index in [1.165, 1.54) is 26.2 Å². The molecule has 0 aliphatic heterocycles. The third kappa shape index (κ3) is 4.37. The molecule has 2 aromatic carbocycles. The van der Waals surface area contributed by atoms with Crippen LogP contribution in [0.4, 0.5) is 0 Å². The van der Waals surface area contributed by atoms with Gasteiger partial charge in [-0.05, 0) is 36.8 Å². The van der Waals surface area contributed by atoms with E-state index in [1.54, 1.807) is 38.3 Å². The number of para-hydroxylation sites is 1. The molecule has 158 valence electrons. The zero-order valence-corrected chi connectivity index (χ0v) is 17.9. The van der Waals surface area contributed by atoms with E-state index in [0.717, 1.165) is 9.87 Å². The maximum absolute atomic E-state index is 12.6. The average molecular weight is 429 g/mol. The number of ether oxygens (including phenoxy) is 1. The average Bonchev–Trinajstić information content (AvgIpc) is 3.24. The number of hydrogen-bond donors (Lipinski definition) is 1. The highest BCUT2D eigenvalue weighted by molar-refractivity contribution is 7.89. The molecule has 0 saturated heterocycles. The maximum Gasteiger partial charge on any atom is 0.273 e. The molecule has 0 aliphatic carbocycles. The molecule has 3 aromatic rings. The van der Waals surface area contributed by atoms with Crippen LogP contribution in [-0.2, 0) is 10.0 Å². The fourth-order valence-corrected chi connectivity index (χ4v) is 3.75. The largest absolute Gasteiger partial charge is 0.496 e. The van der Waals surface area contributed by atoms with Gasteiger partial charge in [-0.3, -0.25) is 4.79 Å². The van der Waals surface area contributed by atoms with Crippen LogP contribution in [0.3, 0.4) is 0 Å². The van der Waals surface area contributed by atoms with Crippen LogP contribution in [0.1, 0.15) is 29.0 Å². The number of carbonyl (C=O) groups excluding carboxylic acids is 1. The molecular weight excluding hydrogens is 406 g/mol. The molecule has 0 radical (unpaired) electrons. The zero-order valence-electron chi connectivity index (χ0n) is 17.1. The van der Waals surface area contributed by atoms with Gasteiger partial charge in [-0.25, -0.2) is 12.7 Å². The van der Waals surface area contributed by atoms with Crippen LogP contribution in [0, 0.1) is 0 Å². The van der Waals surface area contributed by atoms with Crippen molar-refractivity contribution in [3.63, 3.8) is 0 Å². The highest BCUT2D eigenvalue weighted by Gasteiger charge is 2.20. The van der Waals surface area contributed by atoms with Crippen LogP contribution >= 0.6 is 0 Å². The van der Waals surface area contributed by atoms with Crippen LogP contribution in [0.2, 0.25) is 0 Å². The number of benzene rings is 2. The van der Waals surface area contributed by atoms with Crippen LogP contribution in [-0.4, -0.2) is 45.0 Å². The maximum atomic E-state index is 12.6. The lowest BCUT2D eigenvalue weighted by Crippen LogP contribution is -2.27. The normalized spacial score (nSPS) is 12.6. The van der Waals surface area contributed by atoms with Crippen molar-refractivity contribution in [2.45, 2.75) is 17.9 Å². The van der Waals surface area contributed by atoms with E-state index in [-0.39, 0.29) is 16.6 Å². The van der Waals surface area contributed by atoms with Gasteiger partial charge >= 0.3 is 0 Å². The molecule has 8 nitrogen and oxygen atoms in total. The number of amides is 1. The van der Waals surface area contributed by atoms with Gasteiger partial charge < -0.3 is 14.6 Å². The fourth-order valence-electron chi connectivity index (χ4n) is 2.85. The summed E-state index contributed by atoms with van der Waals surface area (Å²) in [5, 5.41) is 6.69. The van der Waals surface area contributed by atoms with Crippen LogP contribution in [0.15, 0.2) is 64.0 Å². The molecule has 0 saturated carbocycles. The number of nitrogens with one attached hydrogen (secondary N) is 1. The van der Waals surface area contributed by atoms with Gasteiger partial charge in [0, 0.05) is 20.2 Å². The van der Waals surface area contributed by atoms with E-state index in [9.17, 15) is 13.2 Å². The van der Waals surface area contributed by atoms with E-state index in [1.807, 2.05) is 18.2 Å². The molecule has 1 heterocycles. The highest BCUT2D eigenvalue weighted by atomic mass is 32.2. The highest BCUT2D eigenvalue weighted by Crippen LogP contribution is 2.30. The monoisotopic (exact) mass is 429 g/mol. The Morgan fingerprint density at radius 2 is 1.80 bits per heavy atom. The smallest absolute Gasteiger partial charge is 0.273 e. The number of nitrogens with zero attached hydrogens (tertiary/aromatic N) is 2. The van der Waals surface area contributed by atoms with Gasteiger partial charge in [-0.1, -0.05) is 29.4 Å². The van der Waals surface area contributed by atoms with Crippen molar-refractivity contribution in [3.05, 3.63) is 65.9 Å². The predicted octanol–water partition coefficient (Wildman–Crippen LogP) is 3.09. The van der Waals surface area contributed by atoms with Crippen molar-refractivity contribution in [2.24, 2.45) is 0 Å². The molecule has 1 aromatic heterocycles. The number of carbonyl (C=O) groups is 1. The number of rotatable bonds is 7. The standard InChI is InChI=1S/C21H23N3O5S/c1-14(15-9-11-16(12-10-15)30(26,27)24(2)3)22-21(25)18-13-20(29-23-18)17-7-5-6-8-19(17)28-4/h5-14H,1-4H3,(H,22,25)/t14-/m0/s1. The second-order valence-corrected chi connectivity index (χ2v) is 8.98. The third-order valence-electron chi connectivity index (χ3n) is 4.62. The summed E-state index contributed by atoms with van der Waals surface area (Å²) in [6, 6.07) is 14.8. The van der Waals surface area contributed by atoms with E-state index in [4.69, 9.17) is 9.26 Å². The molecule has 1 N–H and O–H groups in total. The zero-order chi connectivity index (χ0) is 21.9. The molecular formula is C21H23N3O5S. The molecule has 9 heteroatoms. The Labute approximate surface area is 175 Å². The van der Waals surface area contributed by atoms with Crippen LogP contribution < -0.4 is 10.1 Å². The van der Waals surface area contributed by atoms with Gasteiger partial charge in [0.25, 0.3) is 5.91 Å². The first-order valence-electron chi connectivity index (χ1n) is 9.17. The summed E-state index contributed by atoms with van der Waals surface area (Å²) in [4.78, 5) is 12.8. The Kier molecular flexibility index (Phi) is 6.23. The van der Waals surface area contributed by atoms with Gasteiger partial charge in [0.15, 0.2) is 11.5 Å². The van der Waals surface area contributed by atoms with Crippen molar-refractivity contribution in [3.8, 4) is 17.1 Å². The minimum atomic E-state index is -3.50. The van der Waals surface area contributed by atoms with Crippen molar-refractivity contribution < 1.29 is 22.5 Å². The Balaban J connectivity index is 1.73. The quantitative estimate of drug-likeness (QED) is 0.619.